The second kappa shape index (κ2) is 3.38. The molecule has 2 amide bonds. The number of likely N-dealkylation sites (N-methyl/N-ethyl adjacent to an activating group) is 1. The number of fused-ring (bicyclic) bond motifs is 1. The number of rotatable bonds is 2. The molecule has 0 unspecified atom stereocenters. The summed E-state index contributed by atoms with van der Waals surface area (Å²) in [5, 5.41) is 0. The number of amides is 2. The summed E-state index contributed by atoms with van der Waals surface area (Å²) in [7, 11) is 0. The Kier molecular flexibility index (Phi) is 2.19. The van der Waals surface area contributed by atoms with E-state index in [0.717, 1.165) is 11.3 Å². The lowest BCUT2D eigenvalue weighted by atomic mass is 10.1. The van der Waals surface area contributed by atoms with Crippen molar-refractivity contribution in [1.82, 2.24) is 0 Å². The summed E-state index contributed by atoms with van der Waals surface area (Å²) in [5.74, 6) is -0.380. The van der Waals surface area contributed by atoms with E-state index in [1.54, 1.807) is 23.1 Å². The maximum atomic E-state index is 11.6. The number of nitrogens with two attached hydrogens (primary N) is 1. The number of anilines is 1. The molecule has 2 N–H and O–H groups in total. The molecule has 0 spiro atoms. The second-order valence-electron chi connectivity index (χ2n) is 3.52. The predicted molar refractivity (Wildman–Crippen MR) is 56.7 cm³/mol. The van der Waals surface area contributed by atoms with Gasteiger partial charge in [-0.05, 0) is 30.7 Å². The molecule has 2 rings (SSSR count). The van der Waals surface area contributed by atoms with Gasteiger partial charge in [0.05, 0.1) is 6.42 Å². The second-order valence-corrected chi connectivity index (χ2v) is 3.52. The maximum absolute atomic E-state index is 11.6. The monoisotopic (exact) mass is 204 g/mol. The Bertz CT molecular complexity index is 440. The minimum atomic E-state index is -0.458. The third kappa shape index (κ3) is 1.48. The molecular weight excluding hydrogens is 192 g/mol. The molecule has 0 bridgehead atoms. The zero-order valence-corrected chi connectivity index (χ0v) is 8.49. The first-order valence-electron chi connectivity index (χ1n) is 4.86. The van der Waals surface area contributed by atoms with E-state index in [0.29, 0.717) is 18.5 Å². The average Bonchev–Trinajstić information content (AvgIpc) is 2.51. The van der Waals surface area contributed by atoms with E-state index in [1.165, 1.54) is 0 Å². The molecule has 78 valence electrons. The van der Waals surface area contributed by atoms with Gasteiger partial charge in [-0.3, -0.25) is 9.59 Å². The van der Waals surface area contributed by atoms with Gasteiger partial charge in [0.25, 0.3) is 0 Å². The third-order valence-electron chi connectivity index (χ3n) is 2.61. The van der Waals surface area contributed by atoms with Crippen molar-refractivity contribution in [2.24, 2.45) is 5.73 Å². The molecule has 1 aromatic rings. The summed E-state index contributed by atoms with van der Waals surface area (Å²) >= 11 is 0. The van der Waals surface area contributed by atoms with Crippen LogP contribution in [0.5, 0.6) is 0 Å². The third-order valence-corrected chi connectivity index (χ3v) is 2.61. The molecule has 0 aromatic heterocycles. The Balaban J connectivity index is 2.46. The van der Waals surface area contributed by atoms with Gasteiger partial charge in [0.15, 0.2) is 0 Å². The van der Waals surface area contributed by atoms with Gasteiger partial charge in [0, 0.05) is 17.8 Å². The number of benzene rings is 1. The van der Waals surface area contributed by atoms with E-state index in [1.807, 2.05) is 6.92 Å². The van der Waals surface area contributed by atoms with Crippen LogP contribution >= 0.6 is 0 Å². The molecule has 1 aliphatic rings. The van der Waals surface area contributed by atoms with Crippen molar-refractivity contribution >= 4 is 17.5 Å². The number of primary amides is 1. The highest BCUT2D eigenvalue weighted by Gasteiger charge is 2.26. The van der Waals surface area contributed by atoms with Crippen molar-refractivity contribution in [1.29, 1.82) is 0 Å². The Morgan fingerprint density at radius 2 is 2.27 bits per heavy atom. The van der Waals surface area contributed by atoms with Crippen molar-refractivity contribution in [2.75, 3.05) is 11.4 Å². The highest BCUT2D eigenvalue weighted by molar-refractivity contribution is 6.03. The Morgan fingerprint density at radius 3 is 2.87 bits per heavy atom. The molecular formula is C11H12N2O2. The molecule has 0 radical (unpaired) electrons. The summed E-state index contributed by atoms with van der Waals surface area (Å²) in [5.41, 5.74) is 7.41. The Hall–Kier alpha value is -1.84. The fourth-order valence-electron chi connectivity index (χ4n) is 1.88. The van der Waals surface area contributed by atoms with Crippen molar-refractivity contribution in [2.45, 2.75) is 13.3 Å². The summed E-state index contributed by atoms with van der Waals surface area (Å²) in [6.45, 7) is 2.58. The molecule has 0 saturated heterocycles. The zero-order valence-electron chi connectivity index (χ0n) is 8.49. The summed E-state index contributed by atoms with van der Waals surface area (Å²) in [6.07, 6.45) is 0.365. The van der Waals surface area contributed by atoms with Crippen molar-refractivity contribution < 1.29 is 9.59 Å². The van der Waals surface area contributed by atoms with E-state index < -0.39 is 5.91 Å². The first-order chi connectivity index (χ1) is 7.13. The quantitative estimate of drug-likeness (QED) is 0.770. The molecule has 0 aliphatic carbocycles. The number of hydrogen-bond acceptors (Lipinski definition) is 2. The lowest BCUT2D eigenvalue weighted by molar-refractivity contribution is -0.117. The highest BCUT2D eigenvalue weighted by atomic mass is 16.2. The predicted octanol–water partition coefficient (Wildman–Crippen LogP) is 0.695. The number of nitrogens with zero attached hydrogens (tertiary/aromatic N) is 1. The standard InChI is InChI=1S/C11H12N2O2/c1-2-13-9-4-3-7(11(12)15)5-8(9)6-10(13)14/h3-5H,2,6H2,1H3,(H2,12,15). The van der Waals surface area contributed by atoms with Crippen LogP contribution in [0.1, 0.15) is 22.8 Å². The average molecular weight is 204 g/mol. The number of hydrogen-bond donors (Lipinski definition) is 1. The van der Waals surface area contributed by atoms with Gasteiger partial charge in [-0.2, -0.15) is 0 Å². The smallest absolute Gasteiger partial charge is 0.248 e. The van der Waals surface area contributed by atoms with E-state index in [9.17, 15) is 9.59 Å². The Morgan fingerprint density at radius 1 is 1.53 bits per heavy atom. The van der Waals surface area contributed by atoms with Crippen LogP contribution in [0.25, 0.3) is 0 Å². The highest BCUT2D eigenvalue weighted by Crippen LogP contribution is 2.29. The van der Waals surface area contributed by atoms with Gasteiger partial charge in [-0.15, -0.1) is 0 Å². The number of carbonyl (C=O) groups excluding carboxylic acids is 2. The minimum absolute atomic E-state index is 0.0779. The van der Waals surface area contributed by atoms with E-state index >= 15 is 0 Å². The first kappa shape index (κ1) is 9.71. The molecule has 1 aliphatic heterocycles. The van der Waals surface area contributed by atoms with Gasteiger partial charge in [-0.25, -0.2) is 0 Å². The molecule has 0 saturated carbocycles. The first-order valence-corrected chi connectivity index (χ1v) is 4.86. The van der Waals surface area contributed by atoms with Gasteiger partial charge in [0.1, 0.15) is 0 Å². The van der Waals surface area contributed by atoms with Gasteiger partial charge >= 0.3 is 0 Å². The summed E-state index contributed by atoms with van der Waals surface area (Å²) in [6, 6.07) is 5.14. The summed E-state index contributed by atoms with van der Waals surface area (Å²) < 4.78 is 0. The van der Waals surface area contributed by atoms with Gasteiger partial charge in [-0.1, -0.05) is 0 Å². The fourth-order valence-corrected chi connectivity index (χ4v) is 1.88. The topological polar surface area (TPSA) is 63.4 Å². The SMILES string of the molecule is CCN1C(=O)Cc2cc(C(N)=O)ccc21. The van der Waals surface area contributed by atoms with Crippen LogP contribution in [0, 0.1) is 0 Å². The maximum Gasteiger partial charge on any atom is 0.248 e. The number of carbonyl (C=O) groups is 2. The van der Waals surface area contributed by atoms with E-state index in [-0.39, 0.29) is 5.91 Å². The van der Waals surface area contributed by atoms with Crippen LogP contribution in [-0.2, 0) is 11.2 Å². The van der Waals surface area contributed by atoms with Crippen LogP contribution in [0.3, 0.4) is 0 Å². The molecule has 15 heavy (non-hydrogen) atoms. The molecule has 0 fully saturated rings. The van der Waals surface area contributed by atoms with Crippen molar-refractivity contribution in [3.05, 3.63) is 29.3 Å². The normalized spacial score (nSPS) is 14.2. The van der Waals surface area contributed by atoms with Gasteiger partial charge < -0.3 is 10.6 Å². The van der Waals surface area contributed by atoms with Crippen molar-refractivity contribution in [3.63, 3.8) is 0 Å². The molecule has 4 heteroatoms. The molecule has 4 nitrogen and oxygen atoms in total. The van der Waals surface area contributed by atoms with Crippen LogP contribution < -0.4 is 10.6 Å². The van der Waals surface area contributed by atoms with E-state index in [2.05, 4.69) is 0 Å². The Labute approximate surface area is 87.7 Å². The van der Waals surface area contributed by atoms with Gasteiger partial charge in [0.2, 0.25) is 11.8 Å². The summed E-state index contributed by atoms with van der Waals surface area (Å²) in [4.78, 5) is 24.2. The van der Waals surface area contributed by atoms with Crippen LogP contribution in [0.4, 0.5) is 5.69 Å². The molecule has 1 heterocycles. The molecule has 0 atom stereocenters. The lowest BCUT2D eigenvalue weighted by Gasteiger charge is -2.14. The van der Waals surface area contributed by atoms with Crippen LogP contribution in [0.15, 0.2) is 18.2 Å². The largest absolute Gasteiger partial charge is 0.366 e. The zero-order chi connectivity index (χ0) is 11.0. The van der Waals surface area contributed by atoms with E-state index in [4.69, 9.17) is 5.73 Å². The van der Waals surface area contributed by atoms with Crippen molar-refractivity contribution in [3.8, 4) is 0 Å². The lowest BCUT2D eigenvalue weighted by Crippen LogP contribution is -2.25. The van der Waals surface area contributed by atoms with Crippen LogP contribution in [-0.4, -0.2) is 18.4 Å². The fraction of sp³-hybridized carbons (Fsp3) is 0.273. The molecule has 1 aromatic carbocycles. The van der Waals surface area contributed by atoms with Crippen LogP contribution in [0.2, 0.25) is 0 Å². The minimum Gasteiger partial charge on any atom is -0.366 e.